The minimum Gasteiger partial charge on any atom is -0.393 e. The van der Waals surface area contributed by atoms with Gasteiger partial charge in [0.15, 0.2) is 0 Å². The molecule has 1 aliphatic carbocycles. The maximum atomic E-state index is 12.3. The molecule has 1 fully saturated rings. The van der Waals surface area contributed by atoms with E-state index in [1.54, 1.807) is 6.07 Å². The molecule has 0 heterocycles. The zero-order valence-corrected chi connectivity index (χ0v) is 13.2. The van der Waals surface area contributed by atoms with Gasteiger partial charge in [-0.15, -0.1) is 0 Å². The van der Waals surface area contributed by atoms with Crippen molar-refractivity contribution < 1.29 is 13.5 Å². The summed E-state index contributed by atoms with van der Waals surface area (Å²) in [7, 11) is -3.71. The first-order chi connectivity index (χ1) is 9.40. The van der Waals surface area contributed by atoms with Crippen LogP contribution in [0.25, 0.3) is 0 Å². The summed E-state index contributed by atoms with van der Waals surface area (Å²) in [5.41, 5.74) is 0. The minimum atomic E-state index is -3.71. The first kappa shape index (κ1) is 16.0. The molecule has 7 heteroatoms. The Morgan fingerprint density at radius 1 is 1.15 bits per heavy atom. The third-order valence-electron chi connectivity index (χ3n) is 3.57. The number of aliphatic hydroxyl groups excluding tert-OH is 1. The average molecular weight is 338 g/mol. The standard InChI is InChI=1S/C13H17Cl2NO3S/c14-11-2-1-3-12(15)13(11)20(18,19)16-8-9-4-6-10(17)7-5-9/h1-3,9-10,16-17H,4-8H2. The Hall–Kier alpha value is -0.330. The SMILES string of the molecule is O=S(=O)(NCC1CCC(O)CC1)c1c(Cl)cccc1Cl. The molecule has 1 aromatic rings. The summed E-state index contributed by atoms with van der Waals surface area (Å²) in [6, 6.07) is 4.60. The number of benzene rings is 1. The number of sulfonamides is 1. The van der Waals surface area contributed by atoms with Crippen LogP contribution in [-0.2, 0) is 10.0 Å². The van der Waals surface area contributed by atoms with Crippen molar-refractivity contribution in [1.29, 1.82) is 0 Å². The molecule has 0 aliphatic heterocycles. The monoisotopic (exact) mass is 337 g/mol. The zero-order chi connectivity index (χ0) is 14.8. The summed E-state index contributed by atoms with van der Waals surface area (Å²) in [5, 5.41) is 9.66. The van der Waals surface area contributed by atoms with Crippen molar-refractivity contribution in [2.45, 2.75) is 36.7 Å². The van der Waals surface area contributed by atoms with Crippen LogP contribution in [0.15, 0.2) is 23.1 Å². The van der Waals surface area contributed by atoms with Crippen molar-refractivity contribution >= 4 is 33.2 Å². The second-order valence-electron chi connectivity index (χ2n) is 5.08. The van der Waals surface area contributed by atoms with E-state index < -0.39 is 10.0 Å². The molecule has 0 bridgehead atoms. The number of hydrogen-bond acceptors (Lipinski definition) is 3. The van der Waals surface area contributed by atoms with Gasteiger partial charge in [0.25, 0.3) is 0 Å². The normalized spacial score (nSPS) is 23.8. The number of halogens is 2. The van der Waals surface area contributed by atoms with Gasteiger partial charge in [0.1, 0.15) is 4.90 Å². The van der Waals surface area contributed by atoms with Gasteiger partial charge in [0.2, 0.25) is 10.0 Å². The molecule has 1 aliphatic rings. The summed E-state index contributed by atoms with van der Waals surface area (Å²) >= 11 is 11.8. The lowest BCUT2D eigenvalue weighted by molar-refractivity contribution is 0.109. The molecule has 2 rings (SSSR count). The minimum absolute atomic E-state index is 0.0702. The molecule has 0 unspecified atom stereocenters. The molecule has 2 N–H and O–H groups in total. The first-order valence-electron chi connectivity index (χ1n) is 6.52. The van der Waals surface area contributed by atoms with Gasteiger partial charge in [0.05, 0.1) is 16.1 Å². The average Bonchev–Trinajstić information content (AvgIpc) is 2.37. The van der Waals surface area contributed by atoms with Gasteiger partial charge in [0, 0.05) is 6.54 Å². The zero-order valence-electron chi connectivity index (χ0n) is 10.9. The van der Waals surface area contributed by atoms with Crippen LogP contribution in [0.2, 0.25) is 10.0 Å². The summed E-state index contributed by atoms with van der Waals surface area (Å²) < 4.78 is 27.1. The number of aliphatic hydroxyl groups is 1. The lowest BCUT2D eigenvalue weighted by Gasteiger charge is -2.25. The van der Waals surface area contributed by atoms with Crippen LogP contribution < -0.4 is 4.72 Å². The van der Waals surface area contributed by atoms with Crippen LogP contribution in [0.4, 0.5) is 0 Å². The van der Waals surface area contributed by atoms with Crippen LogP contribution >= 0.6 is 23.2 Å². The van der Waals surface area contributed by atoms with Gasteiger partial charge < -0.3 is 5.11 Å². The van der Waals surface area contributed by atoms with E-state index in [1.807, 2.05) is 0 Å². The van der Waals surface area contributed by atoms with E-state index in [-0.39, 0.29) is 27.0 Å². The molecule has 1 aromatic carbocycles. The quantitative estimate of drug-likeness (QED) is 0.887. The maximum absolute atomic E-state index is 12.3. The van der Waals surface area contributed by atoms with Crippen LogP contribution in [0.3, 0.4) is 0 Å². The van der Waals surface area contributed by atoms with Crippen LogP contribution in [0, 0.1) is 5.92 Å². The summed E-state index contributed by atoms with van der Waals surface area (Å²) in [4.78, 5) is -0.0702. The Bertz CT molecular complexity index is 549. The van der Waals surface area contributed by atoms with Crippen LogP contribution in [-0.4, -0.2) is 26.2 Å². The molecule has 4 nitrogen and oxygen atoms in total. The van der Waals surface area contributed by atoms with E-state index >= 15 is 0 Å². The predicted molar refractivity (Wildman–Crippen MR) is 79.6 cm³/mol. The van der Waals surface area contributed by atoms with Gasteiger partial charge in [-0.3, -0.25) is 0 Å². The highest BCUT2D eigenvalue weighted by atomic mass is 35.5. The second kappa shape index (κ2) is 6.62. The highest BCUT2D eigenvalue weighted by Crippen LogP contribution is 2.29. The Morgan fingerprint density at radius 3 is 2.25 bits per heavy atom. The maximum Gasteiger partial charge on any atom is 0.243 e. The molecule has 1 saturated carbocycles. The molecule has 0 amide bonds. The van der Waals surface area contributed by atoms with Crippen LogP contribution in [0.5, 0.6) is 0 Å². The Labute approximate surface area is 129 Å². The molecular formula is C13H17Cl2NO3S. The van der Waals surface area contributed by atoms with E-state index in [0.717, 1.165) is 25.7 Å². The summed E-state index contributed by atoms with van der Waals surface area (Å²) in [6.07, 6.45) is 2.83. The summed E-state index contributed by atoms with van der Waals surface area (Å²) in [5.74, 6) is 0.245. The third kappa shape index (κ3) is 3.86. The second-order valence-corrected chi connectivity index (χ2v) is 7.60. The molecule has 0 saturated heterocycles. The molecule has 0 aromatic heterocycles. The largest absolute Gasteiger partial charge is 0.393 e. The van der Waals surface area contributed by atoms with Crippen molar-refractivity contribution in [1.82, 2.24) is 4.72 Å². The number of rotatable bonds is 4. The van der Waals surface area contributed by atoms with Crippen molar-refractivity contribution in [3.8, 4) is 0 Å². The van der Waals surface area contributed by atoms with Crippen molar-refractivity contribution in [2.24, 2.45) is 5.92 Å². The Morgan fingerprint density at radius 2 is 1.70 bits per heavy atom. The van der Waals surface area contributed by atoms with Gasteiger partial charge >= 0.3 is 0 Å². The number of nitrogens with one attached hydrogen (secondary N) is 1. The molecule has 0 atom stereocenters. The fourth-order valence-electron chi connectivity index (χ4n) is 2.39. The lowest BCUT2D eigenvalue weighted by Crippen LogP contribution is -2.32. The Kier molecular flexibility index (Phi) is 5.31. The van der Waals surface area contributed by atoms with Crippen molar-refractivity contribution in [3.05, 3.63) is 28.2 Å². The fourth-order valence-corrected chi connectivity index (χ4v) is 4.64. The highest BCUT2D eigenvalue weighted by Gasteiger charge is 2.24. The van der Waals surface area contributed by atoms with E-state index in [1.165, 1.54) is 12.1 Å². The molecular weight excluding hydrogens is 321 g/mol. The van der Waals surface area contributed by atoms with Crippen molar-refractivity contribution in [3.63, 3.8) is 0 Å². The number of hydrogen-bond donors (Lipinski definition) is 2. The van der Waals surface area contributed by atoms with E-state index in [0.29, 0.717) is 6.54 Å². The van der Waals surface area contributed by atoms with E-state index in [2.05, 4.69) is 4.72 Å². The third-order valence-corrected chi connectivity index (χ3v) is 5.94. The van der Waals surface area contributed by atoms with Gasteiger partial charge in [-0.25, -0.2) is 13.1 Å². The molecule has 112 valence electrons. The van der Waals surface area contributed by atoms with Gasteiger partial charge in [-0.05, 0) is 43.7 Å². The van der Waals surface area contributed by atoms with E-state index in [4.69, 9.17) is 23.2 Å². The predicted octanol–water partition coefficient (Wildman–Crippen LogP) is 2.82. The van der Waals surface area contributed by atoms with E-state index in [9.17, 15) is 13.5 Å². The fraction of sp³-hybridized carbons (Fsp3) is 0.538. The topological polar surface area (TPSA) is 66.4 Å². The Balaban J connectivity index is 2.05. The molecule has 0 spiro atoms. The lowest BCUT2D eigenvalue weighted by atomic mass is 9.88. The van der Waals surface area contributed by atoms with Gasteiger partial charge in [-0.2, -0.15) is 0 Å². The molecule has 20 heavy (non-hydrogen) atoms. The van der Waals surface area contributed by atoms with Crippen molar-refractivity contribution in [2.75, 3.05) is 6.54 Å². The van der Waals surface area contributed by atoms with Crippen LogP contribution in [0.1, 0.15) is 25.7 Å². The highest BCUT2D eigenvalue weighted by molar-refractivity contribution is 7.89. The van der Waals surface area contributed by atoms with Gasteiger partial charge in [-0.1, -0.05) is 29.3 Å². The smallest absolute Gasteiger partial charge is 0.243 e. The summed E-state index contributed by atoms with van der Waals surface area (Å²) in [6.45, 7) is 0.344. The first-order valence-corrected chi connectivity index (χ1v) is 8.76. The molecule has 0 radical (unpaired) electrons.